The van der Waals surface area contributed by atoms with Gasteiger partial charge in [-0.05, 0) is 48.4 Å². The highest BCUT2D eigenvalue weighted by molar-refractivity contribution is 8.00. The summed E-state index contributed by atoms with van der Waals surface area (Å²) >= 11 is 17.3. The molecule has 2 heterocycles. The minimum absolute atomic E-state index is 0.255. The Morgan fingerprint density at radius 2 is 1.96 bits per heavy atom. The summed E-state index contributed by atoms with van der Waals surface area (Å²) in [5.74, 6) is 0.851. The molecule has 8 heteroatoms. The Hall–Kier alpha value is -1.05. The highest BCUT2D eigenvalue weighted by Crippen LogP contribution is 2.44. The van der Waals surface area contributed by atoms with Gasteiger partial charge in [0.2, 0.25) is 0 Å². The van der Waals surface area contributed by atoms with E-state index in [0.29, 0.717) is 27.4 Å². The Morgan fingerprint density at radius 3 is 2.71 bits per heavy atom. The molecule has 3 aromatic rings. The number of Topliss-reactive ketones (excluding diaryl/α,β-unsaturated/α-hetero) is 1. The normalized spacial score (nSPS) is 13.6. The number of carbonyl (C=O) groups excluding carboxylic acids is 1. The minimum Gasteiger partial charge on any atom is -0.294 e. The second-order valence-electron chi connectivity index (χ2n) is 6.27. The molecule has 0 fully saturated rings. The second kappa shape index (κ2) is 8.76. The molecule has 0 aliphatic heterocycles. The minimum atomic E-state index is 0.255. The first-order chi connectivity index (χ1) is 13.6. The van der Waals surface area contributed by atoms with Gasteiger partial charge in [-0.25, -0.2) is 9.97 Å². The average Bonchev–Trinajstić information content (AvgIpc) is 3.08. The number of benzene rings is 1. The molecular formula is C20H16Cl2N2OS3. The monoisotopic (exact) mass is 466 g/mol. The van der Waals surface area contributed by atoms with Crippen LogP contribution in [0.4, 0.5) is 0 Å². The maximum Gasteiger partial charge on any atom is 0.188 e. The number of rotatable bonds is 5. The molecule has 0 amide bonds. The molecule has 0 unspecified atom stereocenters. The molecule has 0 N–H and O–H groups in total. The number of ketones is 1. The number of carbonyl (C=O) groups is 1. The first kappa shape index (κ1) is 20.2. The molecule has 0 saturated carbocycles. The number of hydrogen-bond acceptors (Lipinski definition) is 6. The van der Waals surface area contributed by atoms with Gasteiger partial charge in [0.15, 0.2) is 10.9 Å². The number of aromatic nitrogens is 2. The Labute approximate surface area is 186 Å². The van der Waals surface area contributed by atoms with Gasteiger partial charge in [0.25, 0.3) is 0 Å². The van der Waals surface area contributed by atoms with Crippen LogP contribution in [0.15, 0.2) is 39.8 Å². The Morgan fingerprint density at radius 1 is 1.18 bits per heavy atom. The van der Waals surface area contributed by atoms with E-state index in [1.54, 1.807) is 29.3 Å². The van der Waals surface area contributed by atoms with Crippen molar-refractivity contribution in [2.75, 3.05) is 6.26 Å². The van der Waals surface area contributed by atoms with Crippen molar-refractivity contribution in [2.45, 2.75) is 34.4 Å². The molecule has 4 rings (SSSR count). The highest BCUT2D eigenvalue weighted by Gasteiger charge is 2.27. The summed E-state index contributed by atoms with van der Waals surface area (Å²) in [4.78, 5) is 22.7. The van der Waals surface area contributed by atoms with Crippen molar-refractivity contribution in [1.29, 1.82) is 0 Å². The van der Waals surface area contributed by atoms with Crippen LogP contribution in [0.25, 0.3) is 10.6 Å². The van der Waals surface area contributed by atoms with E-state index in [-0.39, 0.29) is 5.78 Å². The molecule has 0 radical (unpaired) electrons. The van der Waals surface area contributed by atoms with Crippen LogP contribution < -0.4 is 0 Å². The van der Waals surface area contributed by atoms with Crippen LogP contribution in [0.3, 0.4) is 0 Å². The summed E-state index contributed by atoms with van der Waals surface area (Å²) in [5.41, 5.74) is 3.82. The van der Waals surface area contributed by atoms with Crippen LogP contribution >= 0.6 is 58.1 Å². The van der Waals surface area contributed by atoms with Gasteiger partial charge in [0.1, 0.15) is 0 Å². The molecular weight excluding hydrogens is 451 g/mol. The lowest BCUT2D eigenvalue weighted by atomic mass is 9.92. The topological polar surface area (TPSA) is 42.9 Å². The van der Waals surface area contributed by atoms with Crippen LogP contribution in [-0.4, -0.2) is 22.0 Å². The van der Waals surface area contributed by atoms with Gasteiger partial charge >= 0.3 is 0 Å². The van der Waals surface area contributed by atoms with Crippen molar-refractivity contribution in [3.63, 3.8) is 0 Å². The summed E-state index contributed by atoms with van der Waals surface area (Å²) in [5, 5.41) is 1.96. The fraction of sp³-hybridized carbons (Fsp3) is 0.250. The fourth-order valence-electron chi connectivity index (χ4n) is 3.21. The average molecular weight is 467 g/mol. The molecule has 0 bridgehead atoms. The van der Waals surface area contributed by atoms with Crippen LogP contribution in [0, 0.1) is 0 Å². The van der Waals surface area contributed by atoms with Crippen molar-refractivity contribution in [3.8, 4) is 10.6 Å². The molecule has 0 spiro atoms. The van der Waals surface area contributed by atoms with Crippen molar-refractivity contribution in [2.24, 2.45) is 0 Å². The van der Waals surface area contributed by atoms with Gasteiger partial charge in [-0.2, -0.15) is 0 Å². The van der Waals surface area contributed by atoms with E-state index in [9.17, 15) is 4.79 Å². The van der Waals surface area contributed by atoms with Crippen LogP contribution in [0.2, 0.25) is 10.0 Å². The Bertz CT molecular complexity index is 1030. The molecule has 1 aliphatic rings. The summed E-state index contributed by atoms with van der Waals surface area (Å²) in [6.45, 7) is 0. The molecule has 1 aliphatic carbocycles. The Balaban J connectivity index is 1.64. The van der Waals surface area contributed by atoms with Gasteiger partial charge < -0.3 is 0 Å². The predicted molar refractivity (Wildman–Crippen MR) is 120 cm³/mol. The van der Waals surface area contributed by atoms with Crippen molar-refractivity contribution >= 4 is 63.8 Å². The van der Waals surface area contributed by atoms with Gasteiger partial charge in [0, 0.05) is 34.0 Å². The third-order valence-electron chi connectivity index (χ3n) is 4.54. The highest BCUT2D eigenvalue weighted by atomic mass is 35.5. The molecule has 2 aromatic heterocycles. The molecule has 0 atom stereocenters. The van der Waals surface area contributed by atoms with E-state index in [1.165, 1.54) is 11.8 Å². The summed E-state index contributed by atoms with van der Waals surface area (Å²) in [6.07, 6.45) is 6.26. The van der Waals surface area contributed by atoms with Crippen LogP contribution in [0.1, 0.15) is 34.3 Å². The standard InChI is InChI=1S/C20H16Cl2N2OS3/c1-26-19-17-11(4-2-7-16(17)25)18(28-19)15-8-9-23-20(24-15)27-10-12-13(21)5-3-6-14(12)22/h3,5-6,8-9H,2,4,7,10H2,1H3. The van der Waals surface area contributed by atoms with Crippen LogP contribution in [0.5, 0.6) is 0 Å². The maximum absolute atomic E-state index is 12.4. The zero-order chi connectivity index (χ0) is 19.7. The van der Waals surface area contributed by atoms with E-state index in [2.05, 4.69) is 4.98 Å². The van der Waals surface area contributed by atoms with E-state index >= 15 is 0 Å². The third kappa shape index (κ3) is 3.98. The lowest BCUT2D eigenvalue weighted by Crippen LogP contribution is -2.09. The first-order valence-electron chi connectivity index (χ1n) is 8.70. The smallest absolute Gasteiger partial charge is 0.188 e. The zero-order valence-corrected chi connectivity index (χ0v) is 19.0. The number of hydrogen-bond donors (Lipinski definition) is 0. The number of halogens is 2. The van der Waals surface area contributed by atoms with Gasteiger partial charge in [-0.1, -0.05) is 41.0 Å². The number of thioether (sulfide) groups is 2. The van der Waals surface area contributed by atoms with E-state index in [4.69, 9.17) is 28.2 Å². The lowest BCUT2D eigenvalue weighted by Gasteiger charge is -2.13. The molecule has 3 nitrogen and oxygen atoms in total. The van der Waals surface area contributed by atoms with Gasteiger partial charge in [-0.15, -0.1) is 23.1 Å². The van der Waals surface area contributed by atoms with Crippen LogP contribution in [-0.2, 0) is 12.2 Å². The largest absolute Gasteiger partial charge is 0.294 e. The summed E-state index contributed by atoms with van der Waals surface area (Å²) < 4.78 is 1.09. The lowest BCUT2D eigenvalue weighted by molar-refractivity contribution is 0.0970. The SMILES string of the molecule is CSc1sc(-c2ccnc(SCc3c(Cl)cccc3Cl)n2)c2c1C(=O)CCC2. The quantitative estimate of drug-likeness (QED) is 0.297. The third-order valence-corrected chi connectivity index (χ3v) is 8.51. The van der Waals surface area contributed by atoms with Gasteiger partial charge in [0.05, 0.1) is 14.8 Å². The van der Waals surface area contributed by atoms with E-state index in [1.807, 2.05) is 30.5 Å². The molecule has 1 aromatic carbocycles. The molecule has 0 saturated heterocycles. The number of fused-ring (bicyclic) bond motifs is 1. The second-order valence-corrected chi connectivity index (χ2v) is 10.1. The van der Waals surface area contributed by atoms with Crippen molar-refractivity contribution in [3.05, 3.63) is 57.2 Å². The van der Waals surface area contributed by atoms with E-state index < -0.39 is 0 Å². The molecule has 144 valence electrons. The fourth-order valence-corrected chi connectivity index (χ4v) is 6.87. The van der Waals surface area contributed by atoms with Crippen molar-refractivity contribution in [1.82, 2.24) is 9.97 Å². The summed E-state index contributed by atoms with van der Waals surface area (Å²) in [7, 11) is 0. The zero-order valence-electron chi connectivity index (χ0n) is 15.0. The first-order valence-corrected chi connectivity index (χ1v) is 12.5. The predicted octanol–water partition coefficient (Wildman–Crippen LogP) is 7.05. The number of nitrogens with zero attached hydrogens (tertiary/aromatic N) is 2. The van der Waals surface area contributed by atoms with Gasteiger partial charge in [-0.3, -0.25) is 4.79 Å². The molecule has 28 heavy (non-hydrogen) atoms. The van der Waals surface area contributed by atoms with Crippen molar-refractivity contribution < 1.29 is 4.79 Å². The summed E-state index contributed by atoms with van der Waals surface area (Å²) in [6, 6.07) is 7.42. The number of thiophene rings is 1. The Kier molecular flexibility index (Phi) is 6.33. The maximum atomic E-state index is 12.4. The van der Waals surface area contributed by atoms with E-state index in [0.717, 1.165) is 44.3 Å².